The number of hydrogen-bond donors (Lipinski definition) is 0. The number of ether oxygens (including phenoxy) is 1. The molecule has 0 aliphatic heterocycles. The van der Waals surface area contributed by atoms with Gasteiger partial charge in [-0.25, -0.2) is 8.78 Å². The molecule has 0 N–H and O–H groups in total. The molecule has 0 atom stereocenters. The third kappa shape index (κ3) is 1.22. The molecular weight excluding hydrogens is 176 g/mol. The van der Waals surface area contributed by atoms with Gasteiger partial charge in [-0.1, -0.05) is 0 Å². The molecule has 12 heavy (non-hydrogen) atoms. The van der Waals surface area contributed by atoms with Crippen molar-refractivity contribution in [3.8, 4) is 5.75 Å². The van der Waals surface area contributed by atoms with E-state index in [-0.39, 0.29) is 6.07 Å². The molecule has 5 heteroatoms. The van der Waals surface area contributed by atoms with Crippen molar-refractivity contribution in [1.82, 2.24) is 0 Å². The summed E-state index contributed by atoms with van der Waals surface area (Å²) in [5.41, 5.74) is 0. The lowest BCUT2D eigenvalue weighted by atomic mass is 10.3. The molecular formula is C7H3F4O. The zero-order valence-corrected chi connectivity index (χ0v) is 5.70. The van der Waals surface area contributed by atoms with Gasteiger partial charge in [-0.15, -0.1) is 0 Å². The van der Waals surface area contributed by atoms with Crippen LogP contribution in [0.3, 0.4) is 0 Å². The molecule has 0 spiro atoms. The summed E-state index contributed by atoms with van der Waals surface area (Å²) in [7, 11) is 2.65. The molecule has 0 aliphatic rings. The van der Waals surface area contributed by atoms with Gasteiger partial charge >= 0.3 is 0 Å². The van der Waals surface area contributed by atoms with Gasteiger partial charge in [-0.05, 0) is 0 Å². The lowest BCUT2D eigenvalue weighted by Gasteiger charge is -2.03. The van der Waals surface area contributed by atoms with Crippen molar-refractivity contribution in [3.05, 3.63) is 36.4 Å². The van der Waals surface area contributed by atoms with Crippen LogP contribution in [-0.4, -0.2) is 0 Å². The van der Waals surface area contributed by atoms with Crippen LogP contribution in [0.5, 0.6) is 5.75 Å². The summed E-state index contributed by atoms with van der Waals surface area (Å²) < 4.78 is 53.5. The SMILES string of the molecule is [CH2]Oc1c(F)c(F)cc(F)c1F. The van der Waals surface area contributed by atoms with Gasteiger partial charge in [0.2, 0.25) is 11.6 Å². The Morgan fingerprint density at radius 1 is 1.00 bits per heavy atom. The van der Waals surface area contributed by atoms with Crippen molar-refractivity contribution < 1.29 is 22.3 Å². The zero-order chi connectivity index (χ0) is 9.30. The fraction of sp³-hybridized carbons (Fsp3) is 0. The first-order chi connectivity index (χ1) is 5.57. The van der Waals surface area contributed by atoms with Gasteiger partial charge < -0.3 is 4.74 Å². The molecule has 1 radical (unpaired) electrons. The molecule has 1 rings (SSSR count). The van der Waals surface area contributed by atoms with Crippen LogP contribution in [0.25, 0.3) is 0 Å². The van der Waals surface area contributed by atoms with Crippen LogP contribution in [0.2, 0.25) is 0 Å². The number of halogens is 4. The van der Waals surface area contributed by atoms with Crippen LogP contribution < -0.4 is 4.74 Å². The Hall–Kier alpha value is -1.26. The molecule has 0 fully saturated rings. The van der Waals surface area contributed by atoms with Gasteiger partial charge in [0.1, 0.15) is 7.11 Å². The van der Waals surface area contributed by atoms with E-state index < -0.39 is 29.0 Å². The Kier molecular flexibility index (Phi) is 2.21. The van der Waals surface area contributed by atoms with Gasteiger partial charge in [-0.3, -0.25) is 0 Å². The maximum atomic E-state index is 12.5. The Morgan fingerprint density at radius 2 is 1.42 bits per heavy atom. The Labute approximate surface area is 65.6 Å². The Balaban J connectivity index is 3.42. The summed E-state index contributed by atoms with van der Waals surface area (Å²) >= 11 is 0. The molecule has 0 bridgehead atoms. The highest BCUT2D eigenvalue weighted by Gasteiger charge is 2.19. The molecule has 1 aromatic rings. The van der Waals surface area contributed by atoms with Crippen molar-refractivity contribution >= 4 is 0 Å². The minimum atomic E-state index is -1.59. The smallest absolute Gasteiger partial charge is 0.203 e. The van der Waals surface area contributed by atoms with E-state index in [9.17, 15) is 17.6 Å². The summed E-state index contributed by atoms with van der Waals surface area (Å²) in [6.45, 7) is 0. The van der Waals surface area contributed by atoms with Crippen LogP contribution in [0.15, 0.2) is 6.07 Å². The minimum Gasteiger partial charge on any atom is -0.484 e. The first kappa shape index (κ1) is 8.83. The number of rotatable bonds is 1. The first-order valence-corrected chi connectivity index (χ1v) is 2.83. The maximum Gasteiger partial charge on any atom is 0.203 e. The lowest BCUT2D eigenvalue weighted by Crippen LogP contribution is -1.97. The van der Waals surface area contributed by atoms with Crippen LogP contribution in [-0.2, 0) is 0 Å². The van der Waals surface area contributed by atoms with E-state index in [0.29, 0.717) is 0 Å². The normalized spacial score (nSPS) is 10.1. The predicted octanol–water partition coefficient (Wildman–Crippen LogP) is 2.41. The molecule has 0 saturated carbocycles. The van der Waals surface area contributed by atoms with Crippen LogP contribution in [0.4, 0.5) is 17.6 Å². The molecule has 0 saturated heterocycles. The highest BCUT2D eigenvalue weighted by atomic mass is 19.2. The number of hydrogen-bond acceptors (Lipinski definition) is 1. The minimum absolute atomic E-state index is 0.0905. The predicted molar refractivity (Wildman–Crippen MR) is 32.3 cm³/mol. The van der Waals surface area contributed by atoms with E-state index in [1.807, 2.05) is 0 Å². The average molecular weight is 179 g/mol. The fourth-order valence-electron chi connectivity index (χ4n) is 0.678. The van der Waals surface area contributed by atoms with Crippen LogP contribution in [0, 0.1) is 30.4 Å². The second kappa shape index (κ2) is 3.00. The number of benzene rings is 1. The molecule has 0 unspecified atom stereocenters. The van der Waals surface area contributed by atoms with Crippen molar-refractivity contribution in [2.75, 3.05) is 0 Å². The van der Waals surface area contributed by atoms with Gasteiger partial charge in [0.25, 0.3) is 0 Å². The standard InChI is InChI=1S/C7H3F4O/c1-12-7-5(10)3(8)2-4(9)6(7)11/h2H,1H2. The zero-order valence-electron chi connectivity index (χ0n) is 5.70. The van der Waals surface area contributed by atoms with E-state index in [4.69, 9.17) is 0 Å². The molecule has 0 amide bonds. The topological polar surface area (TPSA) is 9.23 Å². The molecule has 65 valence electrons. The van der Waals surface area contributed by atoms with E-state index in [0.717, 1.165) is 0 Å². The molecule has 1 aromatic carbocycles. The third-order valence-electron chi connectivity index (χ3n) is 1.22. The van der Waals surface area contributed by atoms with Gasteiger partial charge in [-0.2, -0.15) is 8.78 Å². The van der Waals surface area contributed by atoms with Crippen molar-refractivity contribution in [2.45, 2.75) is 0 Å². The molecule has 0 aliphatic carbocycles. The Morgan fingerprint density at radius 3 is 1.75 bits per heavy atom. The van der Waals surface area contributed by atoms with Gasteiger partial charge in [0.05, 0.1) is 0 Å². The third-order valence-corrected chi connectivity index (χ3v) is 1.22. The quantitative estimate of drug-likeness (QED) is 0.475. The molecule has 0 heterocycles. The van der Waals surface area contributed by atoms with Crippen LogP contribution >= 0.6 is 0 Å². The summed E-state index contributed by atoms with van der Waals surface area (Å²) in [5.74, 6) is -7.39. The van der Waals surface area contributed by atoms with Gasteiger partial charge in [0.15, 0.2) is 17.4 Å². The Bertz CT molecular complexity index is 285. The lowest BCUT2D eigenvalue weighted by molar-refractivity contribution is 0.361. The maximum absolute atomic E-state index is 12.5. The van der Waals surface area contributed by atoms with E-state index in [2.05, 4.69) is 11.8 Å². The molecule has 0 aromatic heterocycles. The van der Waals surface area contributed by atoms with E-state index >= 15 is 0 Å². The second-order valence-corrected chi connectivity index (χ2v) is 1.94. The fourth-order valence-corrected chi connectivity index (χ4v) is 0.678. The van der Waals surface area contributed by atoms with Gasteiger partial charge in [0, 0.05) is 6.07 Å². The summed E-state index contributed by atoms with van der Waals surface area (Å²) in [6.07, 6.45) is 0. The second-order valence-electron chi connectivity index (χ2n) is 1.94. The largest absolute Gasteiger partial charge is 0.484 e. The first-order valence-electron chi connectivity index (χ1n) is 2.83. The summed E-state index contributed by atoms with van der Waals surface area (Å²) in [4.78, 5) is 0. The van der Waals surface area contributed by atoms with E-state index in [1.54, 1.807) is 0 Å². The van der Waals surface area contributed by atoms with Crippen LogP contribution in [0.1, 0.15) is 0 Å². The highest BCUT2D eigenvalue weighted by molar-refractivity contribution is 5.28. The average Bonchev–Trinajstić information content (AvgIpc) is 2.02. The summed E-state index contributed by atoms with van der Waals surface area (Å²) in [6, 6.07) is 0.0905. The molecule has 1 nitrogen and oxygen atoms in total. The van der Waals surface area contributed by atoms with Crippen molar-refractivity contribution in [1.29, 1.82) is 0 Å². The van der Waals surface area contributed by atoms with E-state index in [1.165, 1.54) is 0 Å². The summed E-state index contributed by atoms with van der Waals surface area (Å²) in [5, 5.41) is 0. The van der Waals surface area contributed by atoms with Crippen molar-refractivity contribution in [2.24, 2.45) is 0 Å². The van der Waals surface area contributed by atoms with Crippen molar-refractivity contribution in [3.63, 3.8) is 0 Å². The highest BCUT2D eigenvalue weighted by Crippen LogP contribution is 2.25. The monoisotopic (exact) mass is 179 g/mol.